The van der Waals surface area contributed by atoms with Crippen LogP contribution in [0.1, 0.15) is 35.9 Å². The average molecular weight is 422 g/mol. The molecule has 3 aromatic heterocycles. The van der Waals surface area contributed by atoms with Crippen molar-refractivity contribution in [1.29, 1.82) is 0 Å². The van der Waals surface area contributed by atoms with Crippen LogP contribution >= 0.6 is 11.3 Å². The Kier molecular flexibility index (Phi) is 5.41. The Balaban J connectivity index is 1.65. The minimum atomic E-state index is -0.428. The van der Waals surface area contributed by atoms with Gasteiger partial charge in [0, 0.05) is 28.9 Å². The first-order valence-electron chi connectivity index (χ1n) is 9.47. The van der Waals surface area contributed by atoms with E-state index >= 15 is 0 Å². The second-order valence-electron chi connectivity index (χ2n) is 7.10. The lowest BCUT2D eigenvalue weighted by molar-refractivity contribution is 0.102. The number of anilines is 1. The van der Waals surface area contributed by atoms with Gasteiger partial charge < -0.3 is 0 Å². The second kappa shape index (κ2) is 8.16. The molecule has 0 saturated carbocycles. The van der Waals surface area contributed by atoms with Crippen LogP contribution in [0.15, 0.2) is 54.0 Å². The molecule has 0 aliphatic rings. The number of aryl methyl sites for hydroxylation is 1. The molecule has 3 heterocycles. The Morgan fingerprint density at radius 3 is 2.63 bits per heavy atom. The fraction of sp³-hybridized carbons (Fsp3) is 0.182. The van der Waals surface area contributed by atoms with E-state index in [-0.39, 0.29) is 11.6 Å². The van der Waals surface area contributed by atoms with Gasteiger partial charge in [-0.15, -0.1) is 11.3 Å². The summed E-state index contributed by atoms with van der Waals surface area (Å²) in [6.07, 6.45) is 1.64. The fourth-order valence-corrected chi connectivity index (χ4v) is 3.67. The summed E-state index contributed by atoms with van der Waals surface area (Å²) in [4.78, 5) is 21.9. The summed E-state index contributed by atoms with van der Waals surface area (Å²) in [7, 11) is 0. The third kappa shape index (κ3) is 3.99. The number of pyridine rings is 1. The normalized spacial score (nSPS) is 11.1. The van der Waals surface area contributed by atoms with Crippen LogP contribution in [0.2, 0.25) is 0 Å². The van der Waals surface area contributed by atoms with Gasteiger partial charge in [0.1, 0.15) is 17.2 Å². The summed E-state index contributed by atoms with van der Waals surface area (Å²) >= 11 is 1.31. The monoisotopic (exact) mass is 421 g/mol. The standard InChI is InChI=1S/C22H20FN5OS/c1-13(2)28-11-16(20(27-28)15-8-4-5-9-17(15)23)21(29)26-22-25-19(12-30-22)18-10-6-7-14(3)24-18/h4-13H,1-3H3,(H,25,26,29). The van der Waals surface area contributed by atoms with E-state index in [1.54, 1.807) is 29.1 Å². The molecule has 0 aliphatic carbocycles. The fourth-order valence-electron chi connectivity index (χ4n) is 2.97. The lowest BCUT2D eigenvalue weighted by atomic mass is 10.1. The molecule has 4 aromatic rings. The maximum Gasteiger partial charge on any atom is 0.261 e. The second-order valence-corrected chi connectivity index (χ2v) is 7.96. The largest absolute Gasteiger partial charge is 0.298 e. The van der Waals surface area contributed by atoms with Gasteiger partial charge in [0.05, 0.1) is 11.3 Å². The van der Waals surface area contributed by atoms with E-state index in [1.165, 1.54) is 17.4 Å². The van der Waals surface area contributed by atoms with Gasteiger partial charge in [-0.2, -0.15) is 5.10 Å². The van der Waals surface area contributed by atoms with Crippen LogP contribution in [-0.2, 0) is 0 Å². The van der Waals surface area contributed by atoms with E-state index in [9.17, 15) is 9.18 Å². The van der Waals surface area contributed by atoms with E-state index in [2.05, 4.69) is 20.4 Å². The predicted molar refractivity (Wildman–Crippen MR) is 116 cm³/mol. The van der Waals surface area contributed by atoms with Crippen molar-refractivity contribution in [3.8, 4) is 22.6 Å². The Morgan fingerprint density at radius 2 is 1.90 bits per heavy atom. The summed E-state index contributed by atoms with van der Waals surface area (Å²) in [5.41, 5.74) is 3.20. The van der Waals surface area contributed by atoms with Gasteiger partial charge in [0.25, 0.3) is 5.91 Å². The number of carbonyl (C=O) groups excluding carboxylic acids is 1. The molecule has 0 radical (unpaired) electrons. The number of amides is 1. The molecule has 8 heteroatoms. The molecule has 152 valence electrons. The first-order chi connectivity index (χ1) is 14.4. The molecule has 0 fully saturated rings. The molecule has 4 rings (SSSR count). The zero-order chi connectivity index (χ0) is 21.3. The summed E-state index contributed by atoms with van der Waals surface area (Å²) in [6, 6.07) is 12.0. The molecule has 0 atom stereocenters. The van der Waals surface area contributed by atoms with Crippen LogP contribution in [0.5, 0.6) is 0 Å². The van der Waals surface area contributed by atoms with Gasteiger partial charge in [0.15, 0.2) is 5.13 Å². The number of hydrogen-bond acceptors (Lipinski definition) is 5. The predicted octanol–water partition coefficient (Wildman–Crippen LogP) is 5.35. The third-order valence-corrected chi connectivity index (χ3v) is 5.27. The van der Waals surface area contributed by atoms with Gasteiger partial charge in [-0.1, -0.05) is 18.2 Å². The van der Waals surface area contributed by atoms with E-state index in [0.717, 1.165) is 11.4 Å². The van der Waals surface area contributed by atoms with Crippen LogP contribution in [0, 0.1) is 12.7 Å². The molecular formula is C22H20FN5OS. The quantitative estimate of drug-likeness (QED) is 0.471. The van der Waals surface area contributed by atoms with Crippen molar-refractivity contribution in [2.45, 2.75) is 26.8 Å². The lowest BCUT2D eigenvalue weighted by Gasteiger charge is -2.04. The third-order valence-electron chi connectivity index (χ3n) is 4.51. The van der Waals surface area contributed by atoms with E-state index < -0.39 is 11.7 Å². The number of rotatable bonds is 5. The highest BCUT2D eigenvalue weighted by atomic mass is 32.1. The number of halogens is 1. The number of nitrogens with zero attached hydrogens (tertiary/aromatic N) is 4. The van der Waals surface area contributed by atoms with Crippen LogP contribution in [0.4, 0.5) is 9.52 Å². The van der Waals surface area contributed by atoms with Crippen LogP contribution in [0.3, 0.4) is 0 Å². The zero-order valence-electron chi connectivity index (χ0n) is 16.8. The molecule has 0 aliphatic heterocycles. The molecule has 0 bridgehead atoms. The minimum absolute atomic E-state index is 0.0240. The topological polar surface area (TPSA) is 72.7 Å². The van der Waals surface area contributed by atoms with Crippen molar-refractivity contribution in [1.82, 2.24) is 19.7 Å². The number of benzene rings is 1. The van der Waals surface area contributed by atoms with Gasteiger partial charge in [-0.25, -0.2) is 9.37 Å². The SMILES string of the molecule is Cc1cccc(-c2csc(NC(=O)c3cn(C(C)C)nc3-c3ccccc3F)n2)n1. The number of thiazole rings is 1. The Morgan fingerprint density at radius 1 is 1.10 bits per heavy atom. The number of aromatic nitrogens is 4. The van der Waals surface area contributed by atoms with Gasteiger partial charge in [-0.05, 0) is 45.0 Å². The first kappa shape index (κ1) is 19.9. The molecule has 1 aromatic carbocycles. The smallest absolute Gasteiger partial charge is 0.261 e. The van der Waals surface area contributed by atoms with Crippen molar-refractivity contribution in [2.75, 3.05) is 5.32 Å². The summed E-state index contributed by atoms with van der Waals surface area (Å²) in [5.74, 6) is -0.819. The van der Waals surface area contributed by atoms with E-state index in [4.69, 9.17) is 0 Å². The Bertz CT molecular complexity index is 1210. The minimum Gasteiger partial charge on any atom is -0.298 e. The Labute approximate surface area is 177 Å². The Hall–Kier alpha value is -3.39. The molecule has 0 saturated heterocycles. The molecule has 30 heavy (non-hydrogen) atoms. The summed E-state index contributed by atoms with van der Waals surface area (Å²) in [5, 5.41) is 9.54. The average Bonchev–Trinajstić information content (AvgIpc) is 3.36. The van der Waals surface area contributed by atoms with Crippen LogP contribution in [-0.4, -0.2) is 25.7 Å². The molecule has 1 N–H and O–H groups in total. The van der Waals surface area contributed by atoms with Crippen molar-refractivity contribution < 1.29 is 9.18 Å². The van der Waals surface area contributed by atoms with Gasteiger partial charge in [0.2, 0.25) is 0 Å². The van der Waals surface area contributed by atoms with Crippen LogP contribution in [0.25, 0.3) is 22.6 Å². The molecule has 1 amide bonds. The van der Waals surface area contributed by atoms with Crippen molar-refractivity contribution in [3.05, 3.63) is 71.1 Å². The molecule has 0 spiro atoms. The lowest BCUT2D eigenvalue weighted by Crippen LogP contribution is -2.12. The maximum absolute atomic E-state index is 14.4. The van der Waals surface area contributed by atoms with Gasteiger partial charge >= 0.3 is 0 Å². The highest BCUT2D eigenvalue weighted by Gasteiger charge is 2.22. The number of hydrogen-bond donors (Lipinski definition) is 1. The highest BCUT2D eigenvalue weighted by Crippen LogP contribution is 2.28. The highest BCUT2D eigenvalue weighted by molar-refractivity contribution is 7.14. The van der Waals surface area contributed by atoms with E-state index in [1.807, 2.05) is 44.4 Å². The van der Waals surface area contributed by atoms with Crippen molar-refractivity contribution >= 4 is 22.4 Å². The summed E-state index contributed by atoms with van der Waals surface area (Å²) < 4.78 is 16.0. The molecule has 0 unspecified atom stereocenters. The summed E-state index contributed by atoms with van der Waals surface area (Å²) in [6.45, 7) is 5.80. The maximum atomic E-state index is 14.4. The van der Waals surface area contributed by atoms with Crippen molar-refractivity contribution in [2.24, 2.45) is 0 Å². The zero-order valence-corrected chi connectivity index (χ0v) is 17.6. The number of nitrogens with one attached hydrogen (secondary N) is 1. The van der Waals surface area contributed by atoms with Crippen LogP contribution < -0.4 is 5.32 Å². The van der Waals surface area contributed by atoms with E-state index in [0.29, 0.717) is 22.1 Å². The van der Waals surface area contributed by atoms with Gasteiger partial charge in [-0.3, -0.25) is 19.8 Å². The molecule has 6 nitrogen and oxygen atoms in total. The molecular weight excluding hydrogens is 401 g/mol. The van der Waals surface area contributed by atoms with Crippen molar-refractivity contribution in [3.63, 3.8) is 0 Å². The first-order valence-corrected chi connectivity index (χ1v) is 10.4. The number of carbonyl (C=O) groups is 1.